The van der Waals surface area contributed by atoms with Crippen molar-refractivity contribution in [1.82, 2.24) is 5.32 Å². The van der Waals surface area contributed by atoms with E-state index >= 15 is 0 Å². The van der Waals surface area contributed by atoms with E-state index in [1.54, 1.807) is 19.2 Å². The normalized spacial score (nSPS) is 9.94. The quantitative estimate of drug-likeness (QED) is 0.819. The summed E-state index contributed by atoms with van der Waals surface area (Å²) in [6.07, 6.45) is 0.311. The van der Waals surface area contributed by atoms with Gasteiger partial charge in [-0.15, -0.1) is 0 Å². The summed E-state index contributed by atoms with van der Waals surface area (Å²) in [7, 11) is 1.59. The van der Waals surface area contributed by atoms with Crippen molar-refractivity contribution < 1.29 is 9.53 Å². The summed E-state index contributed by atoms with van der Waals surface area (Å²) >= 11 is 5.98. The molecule has 1 aromatic rings. The molecule has 5 heteroatoms. The fourth-order valence-corrected chi connectivity index (χ4v) is 1.42. The number of nitrogens with two attached hydrogens (primary N) is 1. The number of rotatable bonds is 5. The molecule has 3 N–H and O–H groups in total. The summed E-state index contributed by atoms with van der Waals surface area (Å²) in [6, 6.07) is 5.37. The Morgan fingerprint density at radius 3 is 2.88 bits per heavy atom. The maximum atomic E-state index is 10.9. The van der Waals surface area contributed by atoms with E-state index in [-0.39, 0.29) is 5.91 Å². The fraction of sp³-hybridized carbons (Fsp3) is 0.364. The van der Waals surface area contributed by atoms with E-state index in [1.165, 1.54) is 0 Å². The second-order valence-electron chi connectivity index (χ2n) is 3.24. The molecule has 16 heavy (non-hydrogen) atoms. The van der Waals surface area contributed by atoms with Gasteiger partial charge in [0, 0.05) is 13.6 Å². The Bertz CT molecular complexity index is 369. The molecular weight excluding hydrogens is 228 g/mol. The molecule has 0 unspecified atom stereocenters. The number of benzene rings is 1. The predicted molar refractivity (Wildman–Crippen MR) is 63.5 cm³/mol. The van der Waals surface area contributed by atoms with Crippen LogP contribution in [0, 0.1) is 0 Å². The SMILES string of the molecule is CNC(=O)CCOc1ccc(CN)cc1Cl. The van der Waals surface area contributed by atoms with Gasteiger partial charge in [-0.1, -0.05) is 17.7 Å². The first kappa shape index (κ1) is 12.8. The minimum atomic E-state index is -0.0605. The molecule has 1 rings (SSSR count). The Balaban J connectivity index is 2.51. The third-order valence-electron chi connectivity index (χ3n) is 2.10. The number of ether oxygens (including phenoxy) is 1. The summed E-state index contributed by atoms with van der Waals surface area (Å²) in [4.78, 5) is 10.9. The molecule has 0 spiro atoms. The van der Waals surface area contributed by atoms with Crippen molar-refractivity contribution >= 4 is 17.5 Å². The van der Waals surface area contributed by atoms with Gasteiger partial charge in [-0.25, -0.2) is 0 Å². The maximum absolute atomic E-state index is 10.9. The van der Waals surface area contributed by atoms with Crippen LogP contribution in [0.4, 0.5) is 0 Å². The first-order valence-corrected chi connectivity index (χ1v) is 5.37. The molecule has 88 valence electrons. The van der Waals surface area contributed by atoms with Crippen molar-refractivity contribution in [3.63, 3.8) is 0 Å². The fourth-order valence-electron chi connectivity index (χ4n) is 1.17. The minimum Gasteiger partial charge on any atom is -0.491 e. The summed E-state index contributed by atoms with van der Waals surface area (Å²) in [6.45, 7) is 0.750. The molecule has 0 aliphatic heterocycles. The molecule has 0 saturated heterocycles. The van der Waals surface area contributed by atoms with Crippen LogP contribution in [-0.2, 0) is 11.3 Å². The molecular formula is C11H15ClN2O2. The van der Waals surface area contributed by atoms with Crippen LogP contribution in [0.25, 0.3) is 0 Å². The zero-order chi connectivity index (χ0) is 12.0. The Kier molecular flexibility index (Phi) is 5.08. The number of halogens is 1. The van der Waals surface area contributed by atoms with Crippen molar-refractivity contribution in [3.8, 4) is 5.75 Å². The molecule has 1 amide bonds. The molecule has 0 atom stereocenters. The first-order valence-electron chi connectivity index (χ1n) is 4.99. The summed E-state index contributed by atoms with van der Waals surface area (Å²) in [5.74, 6) is 0.512. The van der Waals surface area contributed by atoms with Gasteiger partial charge in [0.25, 0.3) is 0 Å². The average Bonchev–Trinajstić information content (AvgIpc) is 2.30. The Labute approximate surface area is 99.7 Å². The number of carbonyl (C=O) groups excluding carboxylic acids is 1. The van der Waals surface area contributed by atoms with E-state index in [0.717, 1.165) is 5.56 Å². The largest absolute Gasteiger partial charge is 0.491 e. The van der Waals surface area contributed by atoms with E-state index in [2.05, 4.69) is 5.32 Å². The van der Waals surface area contributed by atoms with Gasteiger partial charge in [0.05, 0.1) is 18.1 Å². The number of carbonyl (C=O) groups is 1. The highest BCUT2D eigenvalue weighted by Crippen LogP contribution is 2.25. The Morgan fingerprint density at radius 2 is 2.31 bits per heavy atom. The highest BCUT2D eigenvalue weighted by Gasteiger charge is 2.04. The lowest BCUT2D eigenvalue weighted by molar-refractivity contribution is -0.121. The maximum Gasteiger partial charge on any atom is 0.223 e. The van der Waals surface area contributed by atoms with E-state index < -0.39 is 0 Å². The zero-order valence-corrected chi connectivity index (χ0v) is 9.88. The highest BCUT2D eigenvalue weighted by molar-refractivity contribution is 6.32. The van der Waals surface area contributed by atoms with Gasteiger partial charge < -0.3 is 15.8 Å². The van der Waals surface area contributed by atoms with Gasteiger partial charge in [-0.3, -0.25) is 4.79 Å². The van der Waals surface area contributed by atoms with Crippen LogP contribution in [0.1, 0.15) is 12.0 Å². The standard InChI is InChI=1S/C11H15ClN2O2/c1-14-11(15)4-5-16-10-3-2-8(7-13)6-9(10)12/h2-3,6H,4-5,7,13H2,1H3,(H,14,15). The summed E-state index contributed by atoms with van der Waals surface area (Å²) < 4.78 is 5.38. The number of amides is 1. The van der Waals surface area contributed by atoms with E-state index in [1.807, 2.05) is 6.07 Å². The van der Waals surface area contributed by atoms with Crippen molar-refractivity contribution in [2.24, 2.45) is 5.73 Å². The van der Waals surface area contributed by atoms with Crippen LogP contribution >= 0.6 is 11.6 Å². The van der Waals surface area contributed by atoms with Gasteiger partial charge in [-0.05, 0) is 17.7 Å². The Hall–Kier alpha value is -1.26. The van der Waals surface area contributed by atoms with Crippen LogP contribution in [-0.4, -0.2) is 19.6 Å². The van der Waals surface area contributed by atoms with E-state index in [9.17, 15) is 4.79 Å². The zero-order valence-electron chi connectivity index (χ0n) is 9.13. The number of hydrogen-bond acceptors (Lipinski definition) is 3. The molecule has 0 aromatic heterocycles. The lowest BCUT2D eigenvalue weighted by Gasteiger charge is -2.08. The molecule has 0 radical (unpaired) electrons. The van der Waals surface area contributed by atoms with Gasteiger partial charge >= 0.3 is 0 Å². The smallest absolute Gasteiger partial charge is 0.223 e. The molecule has 0 bridgehead atoms. The van der Waals surface area contributed by atoms with Crippen molar-refractivity contribution in [1.29, 1.82) is 0 Å². The highest BCUT2D eigenvalue weighted by atomic mass is 35.5. The third kappa shape index (κ3) is 3.72. The monoisotopic (exact) mass is 242 g/mol. The summed E-state index contributed by atoms with van der Waals surface area (Å²) in [5.41, 5.74) is 6.42. The molecule has 0 saturated carbocycles. The van der Waals surface area contributed by atoms with Crippen molar-refractivity contribution in [2.75, 3.05) is 13.7 Å². The van der Waals surface area contributed by atoms with Gasteiger partial charge in [-0.2, -0.15) is 0 Å². The van der Waals surface area contributed by atoms with Crippen LogP contribution < -0.4 is 15.8 Å². The van der Waals surface area contributed by atoms with Crippen LogP contribution in [0.5, 0.6) is 5.75 Å². The third-order valence-corrected chi connectivity index (χ3v) is 2.39. The molecule has 1 aromatic carbocycles. The van der Waals surface area contributed by atoms with Gasteiger partial charge in [0.1, 0.15) is 5.75 Å². The topological polar surface area (TPSA) is 64.3 Å². The van der Waals surface area contributed by atoms with Gasteiger partial charge in [0.2, 0.25) is 5.91 Å². The molecule has 0 fully saturated rings. The second-order valence-corrected chi connectivity index (χ2v) is 3.65. The first-order chi connectivity index (χ1) is 7.67. The molecule has 4 nitrogen and oxygen atoms in total. The molecule has 0 heterocycles. The lowest BCUT2D eigenvalue weighted by Crippen LogP contribution is -2.20. The van der Waals surface area contributed by atoms with Gasteiger partial charge in [0.15, 0.2) is 0 Å². The Morgan fingerprint density at radius 1 is 1.56 bits per heavy atom. The van der Waals surface area contributed by atoms with Crippen LogP contribution in [0.15, 0.2) is 18.2 Å². The second kappa shape index (κ2) is 6.35. The van der Waals surface area contributed by atoms with Crippen molar-refractivity contribution in [2.45, 2.75) is 13.0 Å². The van der Waals surface area contributed by atoms with Crippen molar-refractivity contribution in [3.05, 3.63) is 28.8 Å². The van der Waals surface area contributed by atoms with Crippen LogP contribution in [0.2, 0.25) is 5.02 Å². The minimum absolute atomic E-state index is 0.0605. The predicted octanol–water partition coefficient (Wildman–Crippen LogP) is 1.31. The number of nitrogens with one attached hydrogen (secondary N) is 1. The lowest BCUT2D eigenvalue weighted by atomic mass is 10.2. The van der Waals surface area contributed by atoms with Crippen LogP contribution in [0.3, 0.4) is 0 Å². The molecule has 0 aliphatic rings. The average molecular weight is 243 g/mol. The van der Waals surface area contributed by atoms with E-state index in [4.69, 9.17) is 22.1 Å². The number of hydrogen-bond donors (Lipinski definition) is 2. The van der Waals surface area contributed by atoms with E-state index in [0.29, 0.717) is 30.3 Å². The summed E-state index contributed by atoms with van der Waals surface area (Å²) in [5, 5.41) is 3.03. The molecule has 0 aliphatic carbocycles.